The highest BCUT2D eigenvalue weighted by Gasteiger charge is 2.25. The number of carbonyl (C=O) groups is 1. The third-order valence-corrected chi connectivity index (χ3v) is 1.75. The molecule has 0 bridgehead atoms. The van der Waals surface area contributed by atoms with Crippen LogP contribution in [0.5, 0.6) is 0 Å². The topological polar surface area (TPSA) is 92.6 Å². The van der Waals surface area contributed by atoms with Crippen LogP contribution in [0.3, 0.4) is 0 Å². The lowest BCUT2D eigenvalue weighted by Gasteiger charge is -2.32. The van der Waals surface area contributed by atoms with Crippen LogP contribution < -0.4 is 11.5 Å². The average molecular weight is 175 g/mol. The lowest BCUT2D eigenvalue weighted by atomic mass is 10.2. The molecule has 0 amide bonds. The normalized spacial score (nSPS) is 18.8. The lowest BCUT2D eigenvalue weighted by molar-refractivity contribution is -0.144. The van der Waals surface area contributed by atoms with E-state index >= 15 is 0 Å². The molecule has 72 valence electrons. The maximum atomic E-state index is 10.6. The molecule has 0 aromatic rings. The SMILES string of the molecule is CC(N)N(C(C)N)C(C)C(=O)O. The van der Waals surface area contributed by atoms with Crippen molar-refractivity contribution in [3.63, 3.8) is 0 Å². The quantitative estimate of drug-likeness (QED) is 0.495. The Kier molecular flexibility index (Phi) is 4.16. The highest BCUT2D eigenvalue weighted by atomic mass is 16.4. The third kappa shape index (κ3) is 2.77. The zero-order valence-corrected chi connectivity index (χ0v) is 7.69. The van der Waals surface area contributed by atoms with Crippen molar-refractivity contribution in [2.75, 3.05) is 0 Å². The smallest absolute Gasteiger partial charge is 0.320 e. The first kappa shape index (κ1) is 11.4. The van der Waals surface area contributed by atoms with E-state index in [0.717, 1.165) is 0 Å². The minimum atomic E-state index is -0.912. The summed E-state index contributed by atoms with van der Waals surface area (Å²) in [6.45, 7) is 4.99. The zero-order chi connectivity index (χ0) is 9.89. The number of aliphatic carboxylic acids is 1. The van der Waals surface area contributed by atoms with Crippen molar-refractivity contribution in [2.45, 2.75) is 39.1 Å². The van der Waals surface area contributed by atoms with Crippen LogP contribution in [-0.2, 0) is 4.79 Å². The summed E-state index contributed by atoms with van der Waals surface area (Å²) in [5.41, 5.74) is 11.1. The van der Waals surface area contributed by atoms with Crippen molar-refractivity contribution in [1.82, 2.24) is 4.90 Å². The van der Waals surface area contributed by atoms with E-state index in [0.29, 0.717) is 0 Å². The van der Waals surface area contributed by atoms with Crippen LogP contribution in [0.2, 0.25) is 0 Å². The second-order valence-electron chi connectivity index (χ2n) is 2.94. The number of carboxylic acids is 1. The molecule has 0 aliphatic rings. The van der Waals surface area contributed by atoms with Crippen molar-refractivity contribution < 1.29 is 9.90 Å². The molecule has 0 aromatic carbocycles. The van der Waals surface area contributed by atoms with Crippen LogP contribution in [-0.4, -0.2) is 34.3 Å². The number of nitrogens with two attached hydrogens (primary N) is 2. The zero-order valence-electron chi connectivity index (χ0n) is 7.69. The van der Waals surface area contributed by atoms with Gasteiger partial charge in [0, 0.05) is 0 Å². The van der Waals surface area contributed by atoms with E-state index in [-0.39, 0.29) is 12.3 Å². The Morgan fingerprint density at radius 3 is 1.67 bits per heavy atom. The van der Waals surface area contributed by atoms with Gasteiger partial charge in [0.1, 0.15) is 6.04 Å². The lowest BCUT2D eigenvalue weighted by Crippen LogP contribution is -2.55. The molecule has 0 fully saturated rings. The Morgan fingerprint density at radius 2 is 1.58 bits per heavy atom. The summed E-state index contributed by atoms with van der Waals surface area (Å²) < 4.78 is 0. The van der Waals surface area contributed by atoms with Crippen LogP contribution >= 0.6 is 0 Å². The Balaban J connectivity index is 4.40. The fourth-order valence-electron chi connectivity index (χ4n) is 1.20. The Bertz CT molecular complexity index is 151. The molecule has 0 saturated carbocycles. The Labute approximate surface area is 72.3 Å². The summed E-state index contributed by atoms with van der Waals surface area (Å²) in [5, 5.41) is 8.70. The second kappa shape index (κ2) is 4.39. The fourth-order valence-corrected chi connectivity index (χ4v) is 1.20. The van der Waals surface area contributed by atoms with E-state index < -0.39 is 12.0 Å². The molecule has 0 aliphatic carbocycles. The molecule has 3 atom stereocenters. The van der Waals surface area contributed by atoms with Gasteiger partial charge in [0.15, 0.2) is 0 Å². The van der Waals surface area contributed by atoms with Crippen molar-refractivity contribution >= 4 is 5.97 Å². The van der Waals surface area contributed by atoms with E-state index in [1.165, 1.54) is 4.90 Å². The van der Waals surface area contributed by atoms with Gasteiger partial charge in [-0.15, -0.1) is 0 Å². The van der Waals surface area contributed by atoms with Gasteiger partial charge < -0.3 is 16.6 Å². The van der Waals surface area contributed by atoms with Gasteiger partial charge in [0.05, 0.1) is 12.3 Å². The van der Waals surface area contributed by atoms with Crippen molar-refractivity contribution in [3.05, 3.63) is 0 Å². The van der Waals surface area contributed by atoms with E-state index in [2.05, 4.69) is 0 Å². The largest absolute Gasteiger partial charge is 0.480 e. The van der Waals surface area contributed by atoms with Crippen LogP contribution in [0.25, 0.3) is 0 Å². The van der Waals surface area contributed by atoms with Gasteiger partial charge in [-0.3, -0.25) is 9.69 Å². The molecule has 5 N–H and O–H groups in total. The summed E-state index contributed by atoms with van der Waals surface area (Å²) in [5.74, 6) is -0.912. The molecule has 0 aromatic heterocycles. The maximum Gasteiger partial charge on any atom is 0.320 e. The first-order valence-electron chi connectivity index (χ1n) is 3.89. The molecule has 5 nitrogen and oxygen atoms in total. The molecule has 0 rings (SSSR count). The minimum Gasteiger partial charge on any atom is -0.480 e. The van der Waals surface area contributed by atoms with E-state index in [1.54, 1.807) is 20.8 Å². The number of rotatable bonds is 4. The molecular formula is C7H17N3O2. The first-order valence-corrected chi connectivity index (χ1v) is 3.89. The summed E-state index contributed by atoms with van der Waals surface area (Å²) in [7, 11) is 0. The minimum absolute atomic E-state index is 0.351. The summed E-state index contributed by atoms with van der Waals surface area (Å²) in [6.07, 6.45) is -0.702. The average Bonchev–Trinajstić information content (AvgIpc) is 1.85. The van der Waals surface area contributed by atoms with Gasteiger partial charge >= 0.3 is 5.97 Å². The van der Waals surface area contributed by atoms with Crippen LogP contribution in [0, 0.1) is 0 Å². The number of hydrogen-bond donors (Lipinski definition) is 3. The first-order chi connectivity index (χ1) is 5.37. The van der Waals surface area contributed by atoms with Gasteiger partial charge in [-0.1, -0.05) is 0 Å². The molecule has 5 heteroatoms. The fraction of sp³-hybridized carbons (Fsp3) is 0.857. The summed E-state index contributed by atoms with van der Waals surface area (Å²) >= 11 is 0. The monoisotopic (exact) mass is 175 g/mol. The predicted molar refractivity (Wildman–Crippen MR) is 46.2 cm³/mol. The molecule has 0 heterocycles. The number of nitrogens with zero attached hydrogens (tertiary/aromatic N) is 1. The Hall–Kier alpha value is -0.650. The molecule has 0 spiro atoms. The van der Waals surface area contributed by atoms with Gasteiger partial charge in [-0.05, 0) is 20.8 Å². The molecule has 3 unspecified atom stereocenters. The second-order valence-corrected chi connectivity index (χ2v) is 2.94. The number of hydrogen-bond acceptors (Lipinski definition) is 4. The van der Waals surface area contributed by atoms with Gasteiger partial charge in [-0.2, -0.15) is 0 Å². The van der Waals surface area contributed by atoms with Crippen molar-refractivity contribution in [3.8, 4) is 0 Å². The van der Waals surface area contributed by atoms with Crippen LogP contribution in [0.4, 0.5) is 0 Å². The number of carboxylic acid groups (broad SMARTS) is 1. The summed E-state index contributed by atoms with van der Waals surface area (Å²) in [4.78, 5) is 12.1. The third-order valence-electron chi connectivity index (χ3n) is 1.75. The Morgan fingerprint density at radius 1 is 1.25 bits per heavy atom. The highest BCUT2D eigenvalue weighted by Crippen LogP contribution is 2.04. The van der Waals surface area contributed by atoms with Gasteiger partial charge in [0.25, 0.3) is 0 Å². The predicted octanol–water partition coefficient (Wildman–Crippen LogP) is -0.629. The molecule has 12 heavy (non-hydrogen) atoms. The summed E-state index contributed by atoms with van der Waals surface area (Å²) in [6, 6.07) is -0.648. The molecular weight excluding hydrogens is 158 g/mol. The maximum absolute atomic E-state index is 10.6. The molecule has 0 saturated heterocycles. The molecule has 0 radical (unpaired) electrons. The van der Waals surface area contributed by atoms with Crippen molar-refractivity contribution in [2.24, 2.45) is 11.5 Å². The van der Waals surface area contributed by atoms with E-state index in [4.69, 9.17) is 16.6 Å². The molecule has 0 aliphatic heterocycles. The van der Waals surface area contributed by atoms with Crippen LogP contribution in [0.1, 0.15) is 20.8 Å². The van der Waals surface area contributed by atoms with E-state index in [9.17, 15) is 4.79 Å². The van der Waals surface area contributed by atoms with Crippen LogP contribution in [0.15, 0.2) is 0 Å². The van der Waals surface area contributed by atoms with Crippen molar-refractivity contribution in [1.29, 1.82) is 0 Å². The van der Waals surface area contributed by atoms with E-state index in [1.807, 2.05) is 0 Å². The van der Waals surface area contributed by atoms with Gasteiger partial charge in [-0.25, -0.2) is 0 Å². The standard InChI is InChI=1S/C7H17N3O2/c1-4(7(11)12)10(5(2)8)6(3)9/h4-6H,8-9H2,1-3H3,(H,11,12). The highest BCUT2D eigenvalue weighted by molar-refractivity contribution is 5.72. The van der Waals surface area contributed by atoms with Gasteiger partial charge in [0.2, 0.25) is 0 Å².